The van der Waals surface area contributed by atoms with E-state index in [2.05, 4.69) is 16.0 Å². The van der Waals surface area contributed by atoms with Crippen molar-refractivity contribution in [2.75, 3.05) is 19.7 Å². The van der Waals surface area contributed by atoms with Gasteiger partial charge in [-0.3, -0.25) is 14.4 Å². The number of hydrogen-bond acceptors (Lipinski definition) is 5. The lowest BCUT2D eigenvalue weighted by atomic mass is 9.95. The summed E-state index contributed by atoms with van der Waals surface area (Å²) in [6.07, 6.45) is 2.68. The predicted molar refractivity (Wildman–Crippen MR) is 144 cm³/mol. The molecule has 194 valence electrons. The van der Waals surface area contributed by atoms with Gasteiger partial charge in [0, 0.05) is 12.3 Å². The first kappa shape index (κ1) is 26.5. The number of aliphatic hydroxyl groups is 1. The van der Waals surface area contributed by atoms with Crippen molar-refractivity contribution in [3.63, 3.8) is 0 Å². The number of aryl methyl sites for hydroxylation is 1. The molecule has 0 saturated carbocycles. The van der Waals surface area contributed by atoms with E-state index in [1.54, 1.807) is 0 Å². The average molecular weight is 502 g/mol. The number of Topliss-reactive ketones (excluding diaryl/α,β-unsaturated/α-hetero) is 1. The Labute approximate surface area is 217 Å². The van der Waals surface area contributed by atoms with Crippen molar-refractivity contribution in [1.29, 1.82) is 0 Å². The third kappa shape index (κ3) is 7.47. The molecule has 1 aliphatic rings. The standard InChI is InChI=1S/C30H35N3O4/c34-20-28(35)26(13-11-21-6-2-1-3-7-21)32-30(37)27(33-29(36)24-14-16-31-17-15-24)19-22-10-12-23-8-4-5-9-25(23)18-22/h1-10,12,18,24,26-27,31,34H,11,13-17,19-20H2,(H,32,37)(H,33,36)/t26-,27-/m0/s1. The molecular weight excluding hydrogens is 466 g/mol. The van der Waals surface area contributed by atoms with Gasteiger partial charge in [0.1, 0.15) is 12.6 Å². The van der Waals surface area contributed by atoms with Crippen molar-refractivity contribution in [3.8, 4) is 0 Å². The van der Waals surface area contributed by atoms with E-state index >= 15 is 0 Å². The zero-order chi connectivity index (χ0) is 26.0. The molecular formula is C30H35N3O4. The molecule has 0 spiro atoms. The molecule has 2 atom stereocenters. The Hall–Kier alpha value is -3.55. The number of carbonyl (C=O) groups is 3. The van der Waals surface area contributed by atoms with E-state index < -0.39 is 30.4 Å². The summed E-state index contributed by atoms with van der Waals surface area (Å²) >= 11 is 0. The summed E-state index contributed by atoms with van der Waals surface area (Å²) in [4.78, 5) is 39.1. The van der Waals surface area contributed by atoms with Gasteiger partial charge < -0.3 is 21.1 Å². The molecule has 2 amide bonds. The SMILES string of the molecule is O=C(N[C@@H](Cc1ccc2ccccc2c1)C(=O)N[C@@H](CCc1ccccc1)C(=O)CO)C1CCNCC1. The molecule has 3 aromatic carbocycles. The van der Waals surface area contributed by atoms with Crippen LogP contribution in [0.15, 0.2) is 72.8 Å². The van der Waals surface area contributed by atoms with E-state index in [1.165, 1.54) is 0 Å². The summed E-state index contributed by atoms with van der Waals surface area (Å²) in [5.41, 5.74) is 1.96. The number of piperidine rings is 1. The van der Waals surface area contributed by atoms with Crippen LogP contribution >= 0.6 is 0 Å². The number of aliphatic hydroxyl groups excluding tert-OH is 1. The maximum Gasteiger partial charge on any atom is 0.243 e. The summed E-state index contributed by atoms with van der Waals surface area (Å²) in [5, 5.41) is 20.7. The molecule has 0 radical (unpaired) electrons. The topological polar surface area (TPSA) is 108 Å². The fraction of sp³-hybridized carbons (Fsp3) is 0.367. The van der Waals surface area contributed by atoms with Crippen LogP contribution in [0.2, 0.25) is 0 Å². The van der Waals surface area contributed by atoms with E-state index in [9.17, 15) is 19.5 Å². The van der Waals surface area contributed by atoms with Crippen LogP contribution in [0, 0.1) is 5.92 Å². The molecule has 0 aromatic heterocycles. The summed E-state index contributed by atoms with van der Waals surface area (Å²) in [6.45, 7) is 0.884. The summed E-state index contributed by atoms with van der Waals surface area (Å²) in [6, 6.07) is 22.0. The van der Waals surface area contributed by atoms with Gasteiger partial charge >= 0.3 is 0 Å². The van der Waals surface area contributed by atoms with Crippen LogP contribution in [0.25, 0.3) is 10.8 Å². The smallest absolute Gasteiger partial charge is 0.243 e. The monoisotopic (exact) mass is 501 g/mol. The largest absolute Gasteiger partial charge is 0.389 e. The average Bonchev–Trinajstić information content (AvgIpc) is 2.95. The quantitative estimate of drug-likeness (QED) is 0.323. The lowest BCUT2D eigenvalue weighted by Gasteiger charge is -2.26. The normalized spacial score (nSPS) is 15.6. The Kier molecular flexibility index (Phi) is 9.40. The number of rotatable bonds is 11. The van der Waals surface area contributed by atoms with Gasteiger partial charge in [0.05, 0.1) is 6.04 Å². The summed E-state index contributed by atoms with van der Waals surface area (Å²) in [5.74, 6) is -1.16. The molecule has 7 nitrogen and oxygen atoms in total. The zero-order valence-corrected chi connectivity index (χ0v) is 21.0. The highest BCUT2D eigenvalue weighted by atomic mass is 16.3. The van der Waals surface area contributed by atoms with Crippen LogP contribution in [-0.2, 0) is 27.2 Å². The number of fused-ring (bicyclic) bond motifs is 1. The van der Waals surface area contributed by atoms with Gasteiger partial charge in [-0.2, -0.15) is 0 Å². The number of carbonyl (C=O) groups excluding carboxylic acids is 3. The molecule has 1 fully saturated rings. The van der Waals surface area contributed by atoms with Gasteiger partial charge in [-0.25, -0.2) is 0 Å². The van der Waals surface area contributed by atoms with E-state index in [-0.39, 0.29) is 11.8 Å². The first-order valence-corrected chi connectivity index (χ1v) is 13.0. The van der Waals surface area contributed by atoms with Crippen LogP contribution in [0.4, 0.5) is 0 Å². The van der Waals surface area contributed by atoms with Crippen LogP contribution in [-0.4, -0.2) is 54.5 Å². The second kappa shape index (κ2) is 13.1. The van der Waals surface area contributed by atoms with E-state index in [4.69, 9.17) is 0 Å². The minimum absolute atomic E-state index is 0.142. The first-order valence-electron chi connectivity index (χ1n) is 13.0. The Balaban J connectivity index is 1.51. The fourth-order valence-electron chi connectivity index (χ4n) is 4.84. The van der Waals surface area contributed by atoms with Gasteiger partial charge in [-0.1, -0.05) is 72.8 Å². The van der Waals surface area contributed by atoms with Crippen molar-refractivity contribution in [1.82, 2.24) is 16.0 Å². The Morgan fingerprint density at radius 3 is 2.27 bits per heavy atom. The van der Waals surface area contributed by atoms with Gasteiger partial charge in [-0.15, -0.1) is 0 Å². The van der Waals surface area contributed by atoms with Crippen LogP contribution in [0.1, 0.15) is 30.4 Å². The third-order valence-corrected chi connectivity index (χ3v) is 7.02. The number of hydrogen-bond donors (Lipinski definition) is 4. The van der Waals surface area contributed by atoms with Crippen LogP contribution < -0.4 is 16.0 Å². The first-order chi connectivity index (χ1) is 18.0. The van der Waals surface area contributed by atoms with Crippen LogP contribution in [0.5, 0.6) is 0 Å². The highest BCUT2D eigenvalue weighted by Gasteiger charge is 2.29. The fourth-order valence-corrected chi connectivity index (χ4v) is 4.84. The van der Waals surface area contributed by atoms with Crippen molar-refractivity contribution >= 4 is 28.4 Å². The molecule has 37 heavy (non-hydrogen) atoms. The maximum absolute atomic E-state index is 13.5. The minimum Gasteiger partial charge on any atom is -0.389 e. The molecule has 1 heterocycles. The number of benzene rings is 3. The van der Waals surface area contributed by atoms with Crippen molar-refractivity contribution < 1.29 is 19.5 Å². The molecule has 4 rings (SSSR count). The summed E-state index contributed by atoms with van der Waals surface area (Å²) < 4.78 is 0. The predicted octanol–water partition coefficient (Wildman–Crippen LogP) is 2.55. The molecule has 0 aliphatic carbocycles. The molecule has 3 aromatic rings. The van der Waals surface area contributed by atoms with Crippen molar-refractivity contribution in [2.45, 2.75) is 44.2 Å². The number of amides is 2. The Morgan fingerprint density at radius 1 is 0.838 bits per heavy atom. The molecule has 7 heteroatoms. The number of ketones is 1. The third-order valence-electron chi connectivity index (χ3n) is 7.02. The Morgan fingerprint density at radius 2 is 1.54 bits per heavy atom. The van der Waals surface area contributed by atoms with Gasteiger partial charge in [0.15, 0.2) is 5.78 Å². The second-order valence-electron chi connectivity index (χ2n) is 9.68. The van der Waals surface area contributed by atoms with Crippen molar-refractivity contribution in [2.24, 2.45) is 5.92 Å². The number of nitrogens with one attached hydrogen (secondary N) is 3. The Bertz CT molecular complexity index is 1210. The summed E-state index contributed by atoms with van der Waals surface area (Å²) in [7, 11) is 0. The molecule has 4 N–H and O–H groups in total. The van der Waals surface area contributed by atoms with Crippen molar-refractivity contribution in [3.05, 3.63) is 83.9 Å². The highest BCUT2D eigenvalue weighted by molar-refractivity contribution is 5.94. The maximum atomic E-state index is 13.5. The van der Waals surface area contributed by atoms with E-state index in [0.717, 1.165) is 47.8 Å². The molecule has 1 aliphatic heterocycles. The molecule has 0 bridgehead atoms. The second-order valence-corrected chi connectivity index (χ2v) is 9.68. The zero-order valence-electron chi connectivity index (χ0n) is 21.0. The van der Waals surface area contributed by atoms with Gasteiger partial charge in [0.2, 0.25) is 11.8 Å². The van der Waals surface area contributed by atoms with E-state index in [0.29, 0.717) is 19.3 Å². The van der Waals surface area contributed by atoms with Gasteiger partial charge in [-0.05, 0) is 60.7 Å². The van der Waals surface area contributed by atoms with Gasteiger partial charge in [0.25, 0.3) is 0 Å². The molecule has 1 saturated heterocycles. The van der Waals surface area contributed by atoms with E-state index in [1.807, 2.05) is 72.8 Å². The lowest BCUT2D eigenvalue weighted by Crippen LogP contribution is -2.54. The molecule has 0 unspecified atom stereocenters. The lowest BCUT2D eigenvalue weighted by molar-refractivity contribution is -0.133. The highest BCUT2D eigenvalue weighted by Crippen LogP contribution is 2.18. The minimum atomic E-state index is -0.840. The van der Waals surface area contributed by atoms with Crippen LogP contribution in [0.3, 0.4) is 0 Å².